The number of H-pyrrole nitrogens is 1. The third-order valence-corrected chi connectivity index (χ3v) is 3.75. The van der Waals surface area contributed by atoms with Crippen molar-refractivity contribution < 1.29 is 14.6 Å². The van der Waals surface area contributed by atoms with Gasteiger partial charge in [0, 0.05) is 39.0 Å². The van der Waals surface area contributed by atoms with Gasteiger partial charge in [-0.1, -0.05) is 0 Å². The summed E-state index contributed by atoms with van der Waals surface area (Å²) >= 11 is 0. The van der Waals surface area contributed by atoms with Crippen LogP contribution < -0.4 is 5.32 Å². The average molecular weight is 296 g/mol. The molecule has 1 saturated heterocycles. The maximum absolute atomic E-state index is 12.4. The first-order valence-corrected chi connectivity index (χ1v) is 7.27. The summed E-state index contributed by atoms with van der Waals surface area (Å²) in [6.45, 7) is 4.39. The molecule has 0 saturated carbocycles. The molecule has 0 aromatic carbocycles. The highest BCUT2D eigenvalue weighted by atomic mass is 16.5. The number of aromatic nitrogens is 2. The van der Waals surface area contributed by atoms with E-state index in [1.165, 1.54) is 0 Å². The lowest BCUT2D eigenvalue weighted by molar-refractivity contribution is -0.157. The molecule has 1 aromatic heterocycles. The second-order valence-electron chi connectivity index (χ2n) is 5.57. The van der Waals surface area contributed by atoms with E-state index in [4.69, 9.17) is 4.74 Å². The van der Waals surface area contributed by atoms with Crippen LogP contribution >= 0.6 is 0 Å². The molecule has 1 amide bonds. The van der Waals surface area contributed by atoms with Gasteiger partial charge in [-0.25, -0.2) is 0 Å². The van der Waals surface area contributed by atoms with Gasteiger partial charge in [0.2, 0.25) is 0 Å². The van der Waals surface area contributed by atoms with E-state index in [0.717, 1.165) is 17.8 Å². The Morgan fingerprint density at radius 3 is 3.10 bits per heavy atom. The number of likely N-dealkylation sites (tertiary alicyclic amines) is 1. The number of piperidine rings is 1. The Balaban J connectivity index is 1.86. The van der Waals surface area contributed by atoms with E-state index in [2.05, 4.69) is 15.5 Å². The number of nitrogens with one attached hydrogen (secondary N) is 2. The van der Waals surface area contributed by atoms with E-state index in [1.54, 1.807) is 12.0 Å². The summed E-state index contributed by atoms with van der Waals surface area (Å²) in [6.07, 6.45) is 1.29. The number of carbonyl (C=O) groups is 1. The van der Waals surface area contributed by atoms with E-state index in [1.807, 2.05) is 13.0 Å². The number of aromatic amines is 1. The highest BCUT2D eigenvalue weighted by Gasteiger charge is 2.41. The van der Waals surface area contributed by atoms with Gasteiger partial charge < -0.3 is 20.1 Å². The van der Waals surface area contributed by atoms with Crippen LogP contribution in [0.25, 0.3) is 0 Å². The van der Waals surface area contributed by atoms with Gasteiger partial charge >= 0.3 is 0 Å². The van der Waals surface area contributed by atoms with Gasteiger partial charge in [0.1, 0.15) is 0 Å². The molecular formula is C14H24N4O3. The molecule has 3 N–H and O–H groups in total. The lowest BCUT2D eigenvalue weighted by atomic mass is 9.91. The van der Waals surface area contributed by atoms with Crippen molar-refractivity contribution in [3.63, 3.8) is 0 Å². The van der Waals surface area contributed by atoms with Crippen LogP contribution in [0.1, 0.15) is 24.2 Å². The molecule has 7 nitrogen and oxygen atoms in total. The quantitative estimate of drug-likeness (QED) is 0.649. The molecule has 21 heavy (non-hydrogen) atoms. The SMILES string of the molecule is COCCN1CCC[C@@](O)(CNCc2cc(C)[nH]n2)C1=O. The molecule has 1 atom stereocenters. The fraction of sp³-hybridized carbons (Fsp3) is 0.714. The van der Waals surface area contributed by atoms with Crippen LogP contribution in [0.3, 0.4) is 0 Å². The Kier molecular flexibility index (Phi) is 5.33. The minimum absolute atomic E-state index is 0.212. The van der Waals surface area contributed by atoms with Crippen LogP contribution in [0.5, 0.6) is 0 Å². The standard InChI is InChI=1S/C14H24N4O3/c1-11-8-12(17-16-11)9-15-10-14(20)4-3-5-18(13(14)19)6-7-21-2/h8,15,20H,3-7,9-10H2,1-2H3,(H,16,17)/t14-/m1/s1. The summed E-state index contributed by atoms with van der Waals surface area (Å²) in [6, 6.07) is 1.94. The number of nitrogens with zero attached hydrogens (tertiary/aromatic N) is 2. The van der Waals surface area contributed by atoms with Crippen LogP contribution in [-0.2, 0) is 16.1 Å². The minimum atomic E-state index is -1.32. The summed E-state index contributed by atoms with van der Waals surface area (Å²) in [5.41, 5.74) is 0.540. The number of methoxy groups -OCH3 is 1. The summed E-state index contributed by atoms with van der Waals surface area (Å²) in [5, 5.41) is 20.7. The van der Waals surface area contributed by atoms with Crippen molar-refractivity contribution in [1.29, 1.82) is 0 Å². The molecule has 118 valence electrons. The lowest BCUT2D eigenvalue weighted by Crippen LogP contribution is -2.58. The summed E-state index contributed by atoms with van der Waals surface area (Å²) in [4.78, 5) is 14.0. The maximum Gasteiger partial charge on any atom is 0.255 e. The third kappa shape index (κ3) is 4.03. The maximum atomic E-state index is 12.4. The average Bonchev–Trinajstić information content (AvgIpc) is 2.86. The first-order chi connectivity index (χ1) is 10.0. The fourth-order valence-corrected chi connectivity index (χ4v) is 2.61. The molecule has 1 fully saturated rings. The Bertz CT molecular complexity index is 477. The zero-order valence-electron chi connectivity index (χ0n) is 12.7. The molecule has 0 bridgehead atoms. The molecule has 0 spiro atoms. The first kappa shape index (κ1) is 15.9. The summed E-state index contributed by atoms with van der Waals surface area (Å²) in [5.74, 6) is -0.212. The van der Waals surface area contributed by atoms with Gasteiger partial charge in [-0.3, -0.25) is 9.89 Å². The molecule has 7 heteroatoms. The summed E-state index contributed by atoms with van der Waals surface area (Å²) < 4.78 is 5.00. The number of hydrogen-bond acceptors (Lipinski definition) is 5. The van der Waals surface area contributed by atoms with Gasteiger partial charge in [-0.15, -0.1) is 0 Å². The minimum Gasteiger partial charge on any atom is -0.383 e. The number of carbonyl (C=O) groups excluding carboxylic acids is 1. The van der Waals surface area contributed by atoms with E-state index < -0.39 is 5.60 Å². The monoisotopic (exact) mass is 296 g/mol. The van der Waals surface area contributed by atoms with E-state index in [0.29, 0.717) is 32.7 Å². The first-order valence-electron chi connectivity index (χ1n) is 7.27. The molecule has 0 unspecified atom stereocenters. The van der Waals surface area contributed by atoms with Gasteiger partial charge in [0.05, 0.1) is 12.3 Å². The topological polar surface area (TPSA) is 90.5 Å². The molecule has 2 rings (SSSR count). The van der Waals surface area contributed by atoms with Crippen LogP contribution in [0.2, 0.25) is 0 Å². The Morgan fingerprint density at radius 1 is 1.62 bits per heavy atom. The van der Waals surface area contributed by atoms with E-state index >= 15 is 0 Å². The zero-order chi connectivity index (χ0) is 15.3. The zero-order valence-corrected chi connectivity index (χ0v) is 12.7. The van der Waals surface area contributed by atoms with Crippen molar-refractivity contribution in [1.82, 2.24) is 20.4 Å². The van der Waals surface area contributed by atoms with Crippen molar-refractivity contribution in [2.75, 3.05) is 33.4 Å². The number of amides is 1. The molecular weight excluding hydrogens is 272 g/mol. The van der Waals surface area contributed by atoms with Gasteiger partial charge in [0.15, 0.2) is 5.60 Å². The molecule has 2 heterocycles. The smallest absolute Gasteiger partial charge is 0.255 e. The Hall–Kier alpha value is -1.44. The van der Waals surface area contributed by atoms with Gasteiger partial charge in [-0.2, -0.15) is 5.10 Å². The van der Waals surface area contributed by atoms with Crippen molar-refractivity contribution in [3.8, 4) is 0 Å². The predicted molar refractivity (Wildman–Crippen MR) is 77.7 cm³/mol. The van der Waals surface area contributed by atoms with Crippen molar-refractivity contribution in [3.05, 3.63) is 17.5 Å². The highest BCUT2D eigenvalue weighted by molar-refractivity contribution is 5.86. The van der Waals surface area contributed by atoms with E-state index in [9.17, 15) is 9.90 Å². The molecule has 0 aliphatic carbocycles. The Morgan fingerprint density at radius 2 is 2.43 bits per heavy atom. The van der Waals surface area contributed by atoms with Crippen molar-refractivity contribution in [2.45, 2.75) is 31.9 Å². The van der Waals surface area contributed by atoms with Crippen LogP contribution in [0.15, 0.2) is 6.07 Å². The van der Waals surface area contributed by atoms with Crippen LogP contribution in [0, 0.1) is 6.92 Å². The van der Waals surface area contributed by atoms with Gasteiger partial charge in [0.25, 0.3) is 5.91 Å². The molecule has 1 aromatic rings. The van der Waals surface area contributed by atoms with Crippen LogP contribution in [-0.4, -0.2) is 65.1 Å². The lowest BCUT2D eigenvalue weighted by Gasteiger charge is -2.38. The van der Waals surface area contributed by atoms with Gasteiger partial charge in [-0.05, 0) is 25.8 Å². The highest BCUT2D eigenvalue weighted by Crippen LogP contribution is 2.22. The number of ether oxygens (including phenoxy) is 1. The molecule has 0 radical (unpaired) electrons. The van der Waals surface area contributed by atoms with Crippen molar-refractivity contribution in [2.24, 2.45) is 0 Å². The number of rotatable bonds is 7. The largest absolute Gasteiger partial charge is 0.383 e. The second kappa shape index (κ2) is 7.02. The fourth-order valence-electron chi connectivity index (χ4n) is 2.61. The second-order valence-corrected chi connectivity index (χ2v) is 5.57. The molecule has 1 aliphatic heterocycles. The third-order valence-electron chi connectivity index (χ3n) is 3.75. The summed E-state index contributed by atoms with van der Waals surface area (Å²) in [7, 11) is 1.61. The number of aryl methyl sites for hydroxylation is 1. The predicted octanol–water partition coefficient (Wildman–Crippen LogP) is -0.192. The number of aliphatic hydroxyl groups is 1. The number of hydrogen-bond donors (Lipinski definition) is 3. The van der Waals surface area contributed by atoms with Crippen LogP contribution in [0.4, 0.5) is 0 Å². The molecule has 1 aliphatic rings. The Labute approximate surface area is 124 Å². The normalized spacial score (nSPS) is 22.8. The van der Waals surface area contributed by atoms with Crippen molar-refractivity contribution >= 4 is 5.91 Å². The van der Waals surface area contributed by atoms with E-state index in [-0.39, 0.29) is 12.5 Å².